The lowest BCUT2D eigenvalue weighted by atomic mass is 10.1. The summed E-state index contributed by atoms with van der Waals surface area (Å²) in [6.07, 6.45) is 0. The highest BCUT2D eigenvalue weighted by molar-refractivity contribution is 8.04. The fourth-order valence-corrected chi connectivity index (χ4v) is 4.93. The van der Waals surface area contributed by atoms with E-state index in [4.69, 9.17) is 9.47 Å². The van der Waals surface area contributed by atoms with Crippen molar-refractivity contribution in [1.29, 1.82) is 0 Å². The van der Waals surface area contributed by atoms with E-state index in [1.807, 2.05) is 45.0 Å². The highest BCUT2D eigenvalue weighted by Crippen LogP contribution is 2.37. The molecular formula is C30H31N3O5S. The molecule has 0 aliphatic carbocycles. The van der Waals surface area contributed by atoms with E-state index in [1.165, 1.54) is 23.8 Å². The number of nitrogens with one attached hydrogen (secondary N) is 2. The molecule has 0 atom stereocenters. The first kappa shape index (κ1) is 27.8. The summed E-state index contributed by atoms with van der Waals surface area (Å²) in [5.41, 5.74) is 3.03. The molecule has 3 aromatic carbocycles. The number of hydrogen-bond acceptors (Lipinski definition) is 7. The molecule has 0 spiro atoms. The van der Waals surface area contributed by atoms with Crippen LogP contribution in [0.2, 0.25) is 0 Å². The van der Waals surface area contributed by atoms with Gasteiger partial charge in [0, 0.05) is 28.9 Å². The smallest absolute Gasteiger partial charge is 0.278 e. The summed E-state index contributed by atoms with van der Waals surface area (Å²) in [4.78, 5) is 41.8. The van der Waals surface area contributed by atoms with E-state index in [-0.39, 0.29) is 29.3 Å². The lowest BCUT2D eigenvalue weighted by Gasteiger charge is -2.17. The molecule has 1 aliphatic rings. The van der Waals surface area contributed by atoms with Gasteiger partial charge in [0.25, 0.3) is 17.7 Å². The third kappa shape index (κ3) is 6.43. The van der Waals surface area contributed by atoms with E-state index in [9.17, 15) is 14.4 Å². The van der Waals surface area contributed by atoms with Crippen molar-refractivity contribution >= 4 is 40.9 Å². The van der Waals surface area contributed by atoms with Crippen molar-refractivity contribution in [1.82, 2.24) is 4.90 Å². The van der Waals surface area contributed by atoms with Crippen LogP contribution < -0.4 is 20.1 Å². The summed E-state index contributed by atoms with van der Waals surface area (Å²) in [5.74, 6) is 0.127. The molecule has 0 fully saturated rings. The van der Waals surface area contributed by atoms with Crippen LogP contribution in [0.4, 0.5) is 11.4 Å². The number of anilines is 2. The monoisotopic (exact) mass is 545 g/mol. The first-order valence-corrected chi connectivity index (χ1v) is 13.3. The van der Waals surface area contributed by atoms with Crippen LogP contribution in [0.25, 0.3) is 0 Å². The van der Waals surface area contributed by atoms with Crippen LogP contribution in [0.3, 0.4) is 0 Å². The highest BCUT2D eigenvalue weighted by Gasteiger charge is 2.39. The highest BCUT2D eigenvalue weighted by atomic mass is 32.2. The molecule has 0 bridgehead atoms. The van der Waals surface area contributed by atoms with Gasteiger partial charge in [0.15, 0.2) is 0 Å². The Morgan fingerprint density at radius 1 is 0.897 bits per heavy atom. The predicted molar refractivity (Wildman–Crippen MR) is 153 cm³/mol. The molecule has 8 nitrogen and oxygen atoms in total. The van der Waals surface area contributed by atoms with Gasteiger partial charge in [0.1, 0.15) is 22.1 Å². The van der Waals surface area contributed by atoms with Gasteiger partial charge >= 0.3 is 0 Å². The SMILES string of the molecule is COc1ccc(C(=O)Nc2ccc(SC3=C(Nc4ccc(C)cc4)C(=O)N(CC(C)C)C3=O)cc2)c(OC)c1. The molecule has 3 aromatic rings. The standard InChI is InChI=1S/C30H31N3O5S/c1-18(2)17-33-29(35)26(31-20-8-6-19(3)7-9-20)27(30(33)36)39-23-13-10-21(11-14-23)32-28(34)24-15-12-22(37-4)16-25(24)38-5/h6-16,18,31H,17H2,1-5H3,(H,32,34). The maximum absolute atomic E-state index is 13.3. The van der Waals surface area contributed by atoms with Crippen LogP contribution in [-0.2, 0) is 9.59 Å². The van der Waals surface area contributed by atoms with E-state index in [0.29, 0.717) is 34.2 Å². The van der Waals surface area contributed by atoms with Crippen molar-refractivity contribution in [3.05, 3.63) is 88.5 Å². The van der Waals surface area contributed by atoms with Gasteiger partial charge in [-0.15, -0.1) is 0 Å². The van der Waals surface area contributed by atoms with E-state index in [0.717, 1.165) is 16.1 Å². The molecule has 1 aliphatic heterocycles. The summed E-state index contributed by atoms with van der Waals surface area (Å²) in [5, 5.41) is 6.02. The quantitative estimate of drug-likeness (QED) is 0.315. The number of thioether (sulfide) groups is 1. The van der Waals surface area contributed by atoms with Crippen LogP contribution >= 0.6 is 11.8 Å². The van der Waals surface area contributed by atoms with Gasteiger partial charge in [-0.25, -0.2) is 0 Å². The van der Waals surface area contributed by atoms with Crippen LogP contribution in [0.15, 0.2) is 82.2 Å². The largest absolute Gasteiger partial charge is 0.497 e. The van der Waals surface area contributed by atoms with Gasteiger partial charge in [0.05, 0.1) is 19.8 Å². The second kappa shape index (κ2) is 12.1. The normalized spacial score (nSPS) is 13.2. The van der Waals surface area contributed by atoms with Crippen molar-refractivity contribution in [2.24, 2.45) is 5.92 Å². The predicted octanol–water partition coefficient (Wildman–Crippen LogP) is 5.71. The van der Waals surface area contributed by atoms with Gasteiger partial charge in [0.2, 0.25) is 0 Å². The van der Waals surface area contributed by atoms with Gasteiger partial charge < -0.3 is 20.1 Å². The van der Waals surface area contributed by atoms with E-state index in [1.54, 1.807) is 49.6 Å². The number of nitrogens with zero attached hydrogens (tertiary/aromatic N) is 1. The lowest BCUT2D eigenvalue weighted by Crippen LogP contribution is -2.35. The molecule has 202 valence electrons. The first-order valence-electron chi connectivity index (χ1n) is 12.5. The van der Waals surface area contributed by atoms with E-state index < -0.39 is 0 Å². The van der Waals surface area contributed by atoms with Gasteiger partial charge in [-0.2, -0.15) is 0 Å². The second-order valence-electron chi connectivity index (χ2n) is 9.46. The third-order valence-corrected chi connectivity index (χ3v) is 7.07. The van der Waals surface area contributed by atoms with E-state index in [2.05, 4.69) is 10.6 Å². The van der Waals surface area contributed by atoms with Crippen molar-refractivity contribution in [3.8, 4) is 11.5 Å². The topological polar surface area (TPSA) is 97.0 Å². The molecule has 1 heterocycles. The molecular weight excluding hydrogens is 514 g/mol. The fraction of sp³-hybridized carbons (Fsp3) is 0.233. The minimum Gasteiger partial charge on any atom is -0.497 e. The Morgan fingerprint density at radius 3 is 2.18 bits per heavy atom. The molecule has 2 N–H and O–H groups in total. The molecule has 3 amide bonds. The zero-order valence-corrected chi connectivity index (χ0v) is 23.3. The molecule has 4 rings (SSSR count). The Balaban J connectivity index is 1.54. The Labute approximate surface area is 232 Å². The van der Waals surface area contributed by atoms with Gasteiger partial charge in [-0.05, 0) is 61.4 Å². The third-order valence-electron chi connectivity index (χ3n) is 5.98. The number of rotatable bonds is 10. The van der Waals surface area contributed by atoms with Gasteiger partial charge in [-0.3, -0.25) is 19.3 Å². The van der Waals surface area contributed by atoms with Crippen LogP contribution in [0.1, 0.15) is 29.8 Å². The molecule has 0 unspecified atom stereocenters. The molecule has 0 saturated heterocycles. The first-order chi connectivity index (χ1) is 18.7. The maximum Gasteiger partial charge on any atom is 0.278 e. The number of imide groups is 1. The summed E-state index contributed by atoms with van der Waals surface area (Å²) in [7, 11) is 3.04. The van der Waals surface area contributed by atoms with Crippen LogP contribution in [0.5, 0.6) is 11.5 Å². The maximum atomic E-state index is 13.3. The average Bonchev–Trinajstić information content (AvgIpc) is 3.13. The number of aryl methyl sites for hydroxylation is 1. The molecule has 39 heavy (non-hydrogen) atoms. The van der Waals surface area contributed by atoms with Crippen molar-refractivity contribution in [3.63, 3.8) is 0 Å². The summed E-state index contributed by atoms with van der Waals surface area (Å²) in [6.45, 7) is 6.25. The number of carbonyl (C=O) groups excluding carboxylic acids is 3. The van der Waals surface area contributed by atoms with Crippen LogP contribution in [0, 0.1) is 12.8 Å². The van der Waals surface area contributed by atoms with Crippen molar-refractivity contribution < 1.29 is 23.9 Å². The number of amides is 3. The Kier molecular flexibility index (Phi) is 8.61. The Bertz CT molecular complexity index is 1420. The van der Waals surface area contributed by atoms with Gasteiger partial charge in [-0.1, -0.05) is 43.3 Å². The molecule has 0 saturated carbocycles. The molecule has 0 aromatic heterocycles. The zero-order chi connectivity index (χ0) is 28.1. The number of hydrogen-bond donors (Lipinski definition) is 2. The molecule has 9 heteroatoms. The Morgan fingerprint density at radius 2 is 1.56 bits per heavy atom. The van der Waals surface area contributed by atoms with Crippen molar-refractivity contribution in [2.45, 2.75) is 25.7 Å². The number of ether oxygens (including phenoxy) is 2. The average molecular weight is 546 g/mol. The number of methoxy groups -OCH3 is 2. The molecule has 0 radical (unpaired) electrons. The van der Waals surface area contributed by atoms with Crippen LogP contribution in [-0.4, -0.2) is 43.4 Å². The fourth-order valence-electron chi connectivity index (χ4n) is 3.98. The summed E-state index contributed by atoms with van der Waals surface area (Å²) < 4.78 is 10.5. The summed E-state index contributed by atoms with van der Waals surface area (Å²) >= 11 is 1.22. The lowest BCUT2D eigenvalue weighted by molar-refractivity contribution is -0.137. The minimum absolute atomic E-state index is 0.134. The Hall–Kier alpha value is -4.24. The second-order valence-corrected chi connectivity index (χ2v) is 10.5. The zero-order valence-electron chi connectivity index (χ0n) is 22.5. The van der Waals surface area contributed by atoms with Crippen molar-refractivity contribution in [2.75, 3.05) is 31.4 Å². The van der Waals surface area contributed by atoms with E-state index >= 15 is 0 Å². The summed E-state index contributed by atoms with van der Waals surface area (Å²) in [6, 6.07) is 19.7. The number of carbonyl (C=O) groups is 3. The minimum atomic E-state index is -0.339. The number of benzene rings is 3.